The zero-order valence-electron chi connectivity index (χ0n) is 8.87. The molecule has 1 unspecified atom stereocenters. The van der Waals surface area contributed by atoms with E-state index in [1.165, 1.54) is 0 Å². The van der Waals surface area contributed by atoms with Crippen LogP contribution < -0.4 is 5.73 Å². The fourth-order valence-corrected chi connectivity index (χ4v) is 2.12. The predicted octanol–water partition coefficient (Wildman–Crippen LogP) is 2.65. The molecule has 0 aliphatic rings. The molecule has 3 nitrogen and oxygen atoms in total. The molecule has 0 aliphatic heterocycles. The monoisotopic (exact) mass is 305 g/mol. The van der Waals surface area contributed by atoms with Crippen molar-refractivity contribution in [2.24, 2.45) is 5.73 Å². The zero-order chi connectivity index (χ0) is 12.1. The average molecular weight is 307 g/mol. The van der Waals surface area contributed by atoms with Gasteiger partial charge in [-0.15, -0.1) is 0 Å². The maximum absolute atomic E-state index is 11.8. The summed E-state index contributed by atoms with van der Waals surface area (Å²) in [6, 6.07) is 4.86. The lowest BCUT2D eigenvalue weighted by atomic mass is 10.0. The Morgan fingerprint density at radius 3 is 2.88 bits per heavy atom. The molecule has 0 amide bonds. The summed E-state index contributed by atoms with van der Waals surface area (Å²) in [4.78, 5) is 11.8. The summed E-state index contributed by atoms with van der Waals surface area (Å²) in [5.74, 6) is -0.0675. The van der Waals surface area contributed by atoms with Crippen molar-refractivity contribution in [3.05, 3.63) is 33.3 Å². The van der Waals surface area contributed by atoms with Crippen molar-refractivity contribution in [2.75, 3.05) is 13.7 Å². The van der Waals surface area contributed by atoms with Crippen LogP contribution in [0.5, 0.6) is 0 Å². The minimum Gasteiger partial charge on any atom is -0.383 e. The highest BCUT2D eigenvalue weighted by molar-refractivity contribution is 9.10. The van der Waals surface area contributed by atoms with Gasteiger partial charge in [0.15, 0.2) is 5.78 Å². The molecule has 0 aliphatic carbocycles. The first-order valence-corrected chi connectivity index (χ1v) is 5.94. The number of nitrogens with two attached hydrogens (primary N) is 1. The summed E-state index contributed by atoms with van der Waals surface area (Å²) in [6.07, 6.45) is 0.231. The lowest BCUT2D eigenvalue weighted by Crippen LogP contribution is -2.28. The SMILES string of the molecule is COCC(N)CC(=O)c1ccc(Br)cc1Cl. The second kappa shape index (κ2) is 6.35. The molecule has 1 aromatic rings. The van der Waals surface area contributed by atoms with Gasteiger partial charge in [-0.2, -0.15) is 0 Å². The highest BCUT2D eigenvalue weighted by Gasteiger charge is 2.14. The smallest absolute Gasteiger partial charge is 0.166 e. The van der Waals surface area contributed by atoms with Crippen LogP contribution in [0.2, 0.25) is 5.02 Å². The van der Waals surface area contributed by atoms with Gasteiger partial charge in [-0.05, 0) is 18.2 Å². The van der Waals surface area contributed by atoms with Crippen molar-refractivity contribution in [1.82, 2.24) is 0 Å². The van der Waals surface area contributed by atoms with Crippen LogP contribution in [0.3, 0.4) is 0 Å². The van der Waals surface area contributed by atoms with Crippen LogP contribution in [-0.2, 0) is 4.74 Å². The summed E-state index contributed by atoms with van der Waals surface area (Å²) in [6.45, 7) is 0.361. The normalized spacial score (nSPS) is 12.5. The predicted molar refractivity (Wildman–Crippen MR) is 68.0 cm³/mol. The lowest BCUT2D eigenvalue weighted by molar-refractivity contribution is 0.0949. The molecule has 0 saturated heterocycles. The molecule has 0 aromatic heterocycles. The molecule has 1 atom stereocenters. The Balaban J connectivity index is 2.73. The van der Waals surface area contributed by atoms with Crippen LogP contribution in [0, 0.1) is 0 Å². The van der Waals surface area contributed by atoms with E-state index in [9.17, 15) is 4.79 Å². The fourth-order valence-electron chi connectivity index (χ4n) is 1.34. The van der Waals surface area contributed by atoms with Gasteiger partial charge in [-0.3, -0.25) is 4.79 Å². The first-order chi connectivity index (χ1) is 7.54. The topological polar surface area (TPSA) is 52.3 Å². The molecule has 0 bridgehead atoms. The molecule has 0 radical (unpaired) electrons. The lowest BCUT2D eigenvalue weighted by Gasteiger charge is -2.10. The van der Waals surface area contributed by atoms with Crippen molar-refractivity contribution < 1.29 is 9.53 Å². The average Bonchev–Trinajstić information content (AvgIpc) is 2.17. The van der Waals surface area contributed by atoms with Crippen LogP contribution in [0.25, 0.3) is 0 Å². The van der Waals surface area contributed by atoms with Crippen molar-refractivity contribution in [3.8, 4) is 0 Å². The number of Topliss-reactive ketones (excluding diaryl/α,β-unsaturated/α-hetero) is 1. The van der Waals surface area contributed by atoms with Gasteiger partial charge in [0.05, 0.1) is 11.6 Å². The molecule has 16 heavy (non-hydrogen) atoms. The van der Waals surface area contributed by atoms with Gasteiger partial charge in [0.2, 0.25) is 0 Å². The van der Waals surface area contributed by atoms with Crippen LogP contribution in [0.1, 0.15) is 16.8 Å². The Morgan fingerprint density at radius 2 is 2.31 bits per heavy atom. The van der Waals surface area contributed by atoms with E-state index in [0.717, 1.165) is 4.47 Å². The Kier molecular flexibility index (Phi) is 5.41. The number of hydrogen-bond donors (Lipinski definition) is 1. The van der Waals surface area contributed by atoms with Crippen molar-refractivity contribution in [3.63, 3.8) is 0 Å². The van der Waals surface area contributed by atoms with Crippen molar-refractivity contribution in [1.29, 1.82) is 0 Å². The van der Waals surface area contributed by atoms with Crippen LogP contribution in [0.15, 0.2) is 22.7 Å². The quantitative estimate of drug-likeness (QED) is 0.851. The number of carbonyl (C=O) groups is 1. The van der Waals surface area contributed by atoms with Crippen LogP contribution >= 0.6 is 27.5 Å². The third kappa shape index (κ3) is 3.87. The molecule has 0 heterocycles. The highest BCUT2D eigenvalue weighted by atomic mass is 79.9. The number of ether oxygens (including phenoxy) is 1. The molecule has 88 valence electrons. The number of carbonyl (C=O) groups excluding carboxylic acids is 1. The van der Waals surface area contributed by atoms with E-state index >= 15 is 0 Å². The molecule has 0 saturated carbocycles. The Morgan fingerprint density at radius 1 is 1.62 bits per heavy atom. The maximum Gasteiger partial charge on any atom is 0.166 e. The van der Waals surface area contributed by atoms with Crippen LogP contribution in [-0.4, -0.2) is 25.5 Å². The summed E-state index contributed by atoms with van der Waals surface area (Å²) >= 11 is 9.24. The van der Waals surface area contributed by atoms with E-state index in [2.05, 4.69) is 15.9 Å². The second-order valence-electron chi connectivity index (χ2n) is 3.47. The van der Waals surface area contributed by atoms with E-state index in [1.54, 1.807) is 25.3 Å². The largest absolute Gasteiger partial charge is 0.383 e. The summed E-state index contributed by atoms with van der Waals surface area (Å²) in [7, 11) is 1.55. The van der Waals surface area contributed by atoms with Gasteiger partial charge in [-0.25, -0.2) is 0 Å². The highest BCUT2D eigenvalue weighted by Crippen LogP contribution is 2.22. The third-order valence-corrected chi connectivity index (χ3v) is 2.87. The number of ketones is 1. The van der Waals surface area contributed by atoms with E-state index < -0.39 is 0 Å². The number of rotatable bonds is 5. The summed E-state index contributed by atoms with van der Waals surface area (Å²) in [5, 5.41) is 0.434. The second-order valence-corrected chi connectivity index (χ2v) is 4.79. The molecule has 5 heteroatoms. The maximum atomic E-state index is 11.8. The molecule has 0 fully saturated rings. The van der Waals surface area contributed by atoms with E-state index in [1.807, 2.05) is 0 Å². The van der Waals surface area contributed by atoms with E-state index in [0.29, 0.717) is 17.2 Å². The summed E-state index contributed by atoms with van der Waals surface area (Å²) < 4.78 is 5.71. The Bertz CT molecular complexity index is 384. The molecule has 1 aromatic carbocycles. The third-order valence-electron chi connectivity index (χ3n) is 2.06. The van der Waals surface area contributed by atoms with Crippen molar-refractivity contribution in [2.45, 2.75) is 12.5 Å². The van der Waals surface area contributed by atoms with Gasteiger partial charge < -0.3 is 10.5 Å². The number of halogens is 2. The van der Waals surface area contributed by atoms with Gasteiger partial charge in [-0.1, -0.05) is 27.5 Å². The standard InChI is InChI=1S/C11H13BrClNO2/c1-16-6-8(14)5-11(15)9-3-2-7(12)4-10(9)13/h2-4,8H,5-6,14H2,1H3. The fraction of sp³-hybridized carbons (Fsp3) is 0.364. The number of hydrogen-bond acceptors (Lipinski definition) is 3. The number of methoxy groups -OCH3 is 1. The molecule has 0 spiro atoms. The first-order valence-electron chi connectivity index (χ1n) is 4.77. The van der Waals surface area contributed by atoms with Gasteiger partial charge >= 0.3 is 0 Å². The minimum absolute atomic E-state index is 0.0675. The van der Waals surface area contributed by atoms with Crippen molar-refractivity contribution >= 4 is 33.3 Å². The first kappa shape index (κ1) is 13.6. The van der Waals surface area contributed by atoms with Crippen LogP contribution in [0.4, 0.5) is 0 Å². The molecule has 2 N–H and O–H groups in total. The van der Waals surface area contributed by atoms with Gasteiger partial charge in [0.25, 0.3) is 0 Å². The van der Waals surface area contributed by atoms with E-state index in [-0.39, 0.29) is 18.2 Å². The number of benzene rings is 1. The summed E-state index contributed by atoms with van der Waals surface area (Å²) in [5.41, 5.74) is 6.20. The Hall–Kier alpha value is -0.420. The van der Waals surface area contributed by atoms with E-state index in [4.69, 9.17) is 22.1 Å². The van der Waals surface area contributed by atoms with Gasteiger partial charge in [0, 0.05) is 29.6 Å². The molecular weight excluding hydrogens is 293 g/mol. The Labute approximate surface area is 108 Å². The minimum atomic E-state index is -0.294. The van der Waals surface area contributed by atoms with Gasteiger partial charge in [0.1, 0.15) is 0 Å². The zero-order valence-corrected chi connectivity index (χ0v) is 11.2. The molecular formula is C11H13BrClNO2. The molecule has 1 rings (SSSR count).